The standard InChI is InChI=1S/C30H26O8/c1-19(35-21-11-15-23(16-12-21)37-29(33)25-7-3-5-9-27(25)31)20(2)36-22-13-17-24(18-14-22)38-30(34)26-8-4-6-10-28(26)32/h3-20,31-32H,1-2H3. The van der Waals surface area contributed by atoms with Gasteiger partial charge in [-0.15, -0.1) is 0 Å². The zero-order chi connectivity index (χ0) is 27.1. The molecule has 2 atom stereocenters. The van der Waals surface area contributed by atoms with Crippen LogP contribution >= 0.6 is 0 Å². The predicted molar refractivity (Wildman–Crippen MR) is 139 cm³/mol. The molecule has 0 spiro atoms. The van der Waals surface area contributed by atoms with E-state index in [0.717, 1.165) is 0 Å². The summed E-state index contributed by atoms with van der Waals surface area (Å²) in [6.07, 6.45) is -0.661. The minimum atomic E-state index is -0.661. The summed E-state index contributed by atoms with van der Waals surface area (Å²) in [5.74, 6) is 0.115. The van der Waals surface area contributed by atoms with Crippen LogP contribution in [0.3, 0.4) is 0 Å². The van der Waals surface area contributed by atoms with Gasteiger partial charge in [0, 0.05) is 0 Å². The molecule has 8 heteroatoms. The first-order valence-corrected chi connectivity index (χ1v) is 11.8. The Morgan fingerprint density at radius 2 is 0.842 bits per heavy atom. The Morgan fingerprint density at radius 1 is 0.526 bits per heavy atom. The van der Waals surface area contributed by atoms with Gasteiger partial charge in [-0.25, -0.2) is 9.59 Å². The molecule has 0 fully saturated rings. The van der Waals surface area contributed by atoms with Crippen molar-refractivity contribution in [3.8, 4) is 34.5 Å². The number of esters is 2. The maximum Gasteiger partial charge on any atom is 0.347 e. The van der Waals surface area contributed by atoms with Crippen molar-refractivity contribution < 1.29 is 38.7 Å². The van der Waals surface area contributed by atoms with E-state index >= 15 is 0 Å². The van der Waals surface area contributed by atoms with Crippen molar-refractivity contribution in [3.63, 3.8) is 0 Å². The number of rotatable bonds is 9. The molecular weight excluding hydrogens is 488 g/mol. The van der Waals surface area contributed by atoms with Crippen LogP contribution < -0.4 is 18.9 Å². The number of benzene rings is 4. The van der Waals surface area contributed by atoms with Gasteiger partial charge in [0.2, 0.25) is 0 Å². The van der Waals surface area contributed by atoms with E-state index in [-0.39, 0.29) is 34.8 Å². The van der Waals surface area contributed by atoms with E-state index in [4.69, 9.17) is 18.9 Å². The quantitative estimate of drug-likeness (QED) is 0.214. The molecule has 0 aliphatic rings. The fraction of sp³-hybridized carbons (Fsp3) is 0.133. The lowest BCUT2D eigenvalue weighted by atomic mass is 10.2. The number of aromatic hydroxyl groups is 2. The van der Waals surface area contributed by atoms with Crippen LogP contribution in [0.5, 0.6) is 34.5 Å². The van der Waals surface area contributed by atoms with Crippen LogP contribution in [-0.2, 0) is 0 Å². The van der Waals surface area contributed by atoms with Crippen LogP contribution in [0.2, 0.25) is 0 Å². The summed E-state index contributed by atoms with van der Waals surface area (Å²) in [7, 11) is 0. The highest BCUT2D eigenvalue weighted by molar-refractivity contribution is 5.94. The molecule has 0 heterocycles. The predicted octanol–water partition coefficient (Wildman–Crippen LogP) is 5.77. The number of hydrogen-bond acceptors (Lipinski definition) is 8. The van der Waals surface area contributed by atoms with E-state index in [2.05, 4.69) is 0 Å². The van der Waals surface area contributed by atoms with Gasteiger partial charge in [0.05, 0.1) is 0 Å². The van der Waals surface area contributed by atoms with Crippen LogP contribution in [-0.4, -0.2) is 34.4 Å². The molecule has 4 aromatic rings. The summed E-state index contributed by atoms with van der Waals surface area (Å²) >= 11 is 0. The highest BCUT2D eigenvalue weighted by atomic mass is 16.5. The molecule has 4 aromatic carbocycles. The van der Waals surface area contributed by atoms with Gasteiger partial charge in [0.25, 0.3) is 0 Å². The minimum Gasteiger partial charge on any atom is -0.507 e. The molecule has 0 radical (unpaired) electrons. The molecule has 2 N–H and O–H groups in total. The Bertz CT molecular complexity index is 1290. The number of ether oxygens (including phenoxy) is 4. The summed E-state index contributed by atoms with van der Waals surface area (Å²) < 4.78 is 22.5. The molecule has 0 aliphatic carbocycles. The summed E-state index contributed by atoms with van der Waals surface area (Å²) in [6, 6.07) is 25.4. The van der Waals surface area contributed by atoms with Gasteiger partial charge < -0.3 is 29.2 Å². The average Bonchev–Trinajstić information content (AvgIpc) is 2.91. The second-order valence-corrected chi connectivity index (χ2v) is 8.40. The summed E-state index contributed by atoms with van der Waals surface area (Å²) in [4.78, 5) is 24.5. The Balaban J connectivity index is 1.28. The molecule has 4 rings (SSSR count). The first kappa shape index (κ1) is 26.1. The minimum absolute atomic E-state index is 0.0779. The third-order valence-corrected chi connectivity index (χ3v) is 5.62. The summed E-state index contributed by atoms with van der Waals surface area (Å²) in [5.41, 5.74) is 0.156. The van der Waals surface area contributed by atoms with Crippen molar-refractivity contribution in [2.45, 2.75) is 26.1 Å². The molecule has 0 aromatic heterocycles. The van der Waals surface area contributed by atoms with Crippen molar-refractivity contribution in [1.82, 2.24) is 0 Å². The van der Waals surface area contributed by atoms with E-state index in [1.54, 1.807) is 72.8 Å². The van der Waals surface area contributed by atoms with Crippen molar-refractivity contribution in [1.29, 1.82) is 0 Å². The topological polar surface area (TPSA) is 112 Å². The number of phenolic OH excluding ortho intramolecular Hbond substituents is 2. The molecule has 38 heavy (non-hydrogen) atoms. The van der Waals surface area contributed by atoms with Gasteiger partial charge in [0.15, 0.2) is 0 Å². The second-order valence-electron chi connectivity index (χ2n) is 8.40. The zero-order valence-corrected chi connectivity index (χ0v) is 20.7. The summed E-state index contributed by atoms with van der Waals surface area (Å²) in [5, 5.41) is 19.6. The average molecular weight is 515 g/mol. The van der Waals surface area contributed by atoms with E-state index in [0.29, 0.717) is 23.0 Å². The van der Waals surface area contributed by atoms with Crippen molar-refractivity contribution in [2.24, 2.45) is 0 Å². The molecule has 0 saturated carbocycles. The van der Waals surface area contributed by atoms with Crippen LogP contribution in [0.25, 0.3) is 0 Å². The van der Waals surface area contributed by atoms with Crippen molar-refractivity contribution in [3.05, 3.63) is 108 Å². The van der Waals surface area contributed by atoms with Gasteiger partial charge in [-0.1, -0.05) is 24.3 Å². The third-order valence-electron chi connectivity index (χ3n) is 5.62. The Morgan fingerprint density at radius 3 is 1.18 bits per heavy atom. The number of carbonyl (C=O) groups is 2. The lowest BCUT2D eigenvalue weighted by Crippen LogP contribution is -2.31. The van der Waals surface area contributed by atoms with E-state index in [1.165, 1.54) is 24.3 Å². The molecule has 0 amide bonds. The number of hydrogen-bond donors (Lipinski definition) is 2. The van der Waals surface area contributed by atoms with Gasteiger partial charge in [-0.2, -0.15) is 0 Å². The number of para-hydroxylation sites is 2. The molecular formula is C30H26O8. The number of carbonyl (C=O) groups excluding carboxylic acids is 2. The first-order valence-electron chi connectivity index (χ1n) is 11.8. The first-order chi connectivity index (χ1) is 18.3. The SMILES string of the molecule is CC(Oc1ccc(OC(=O)c2ccccc2O)cc1)C(C)Oc1ccc(OC(=O)c2ccccc2O)cc1. The fourth-order valence-electron chi connectivity index (χ4n) is 3.41. The maximum absolute atomic E-state index is 12.2. The van der Waals surface area contributed by atoms with E-state index < -0.39 is 11.9 Å². The lowest BCUT2D eigenvalue weighted by Gasteiger charge is -2.23. The van der Waals surface area contributed by atoms with Gasteiger partial charge in [-0.05, 0) is 86.6 Å². The van der Waals surface area contributed by atoms with E-state index in [1.807, 2.05) is 13.8 Å². The van der Waals surface area contributed by atoms with Gasteiger partial charge in [-0.3, -0.25) is 0 Å². The highest BCUT2D eigenvalue weighted by Crippen LogP contribution is 2.25. The van der Waals surface area contributed by atoms with E-state index in [9.17, 15) is 19.8 Å². The Hall–Kier alpha value is -4.98. The monoisotopic (exact) mass is 514 g/mol. The molecule has 194 valence electrons. The third kappa shape index (κ3) is 6.61. The van der Waals surface area contributed by atoms with Crippen LogP contribution in [0.15, 0.2) is 97.1 Å². The zero-order valence-electron chi connectivity index (χ0n) is 20.7. The van der Waals surface area contributed by atoms with Crippen LogP contribution in [0.1, 0.15) is 34.6 Å². The van der Waals surface area contributed by atoms with Crippen molar-refractivity contribution >= 4 is 11.9 Å². The second kappa shape index (κ2) is 11.8. The fourth-order valence-corrected chi connectivity index (χ4v) is 3.41. The molecule has 0 bridgehead atoms. The largest absolute Gasteiger partial charge is 0.507 e. The number of phenols is 2. The smallest absolute Gasteiger partial charge is 0.347 e. The van der Waals surface area contributed by atoms with Crippen LogP contribution in [0.4, 0.5) is 0 Å². The normalized spacial score (nSPS) is 12.2. The Labute approximate surface area is 219 Å². The highest BCUT2D eigenvalue weighted by Gasteiger charge is 2.18. The van der Waals surface area contributed by atoms with Crippen molar-refractivity contribution in [2.75, 3.05) is 0 Å². The molecule has 2 unspecified atom stereocenters. The summed E-state index contributed by atoms with van der Waals surface area (Å²) in [6.45, 7) is 3.72. The maximum atomic E-state index is 12.2. The van der Waals surface area contributed by atoms with Gasteiger partial charge >= 0.3 is 11.9 Å². The molecule has 0 aliphatic heterocycles. The molecule has 0 saturated heterocycles. The lowest BCUT2D eigenvalue weighted by molar-refractivity contribution is 0.0717. The van der Waals surface area contributed by atoms with Gasteiger partial charge in [0.1, 0.15) is 57.8 Å². The van der Waals surface area contributed by atoms with Crippen LogP contribution in [0, 0.1) is 0 Å². The molecule has 8 nitrogen and oxygen atoms in total. The Kier molecular flexibility index (Phi) is 8.13.